The van der Waals surface area contributed by atoms with Gasteiger partial charge in [-0.3, -0.25) is 9.59 Å². The van der Waals surface area contributed by atoms with E-state index in [1.807, 2.05) is 4.90 Å². The number of carboxylic acid groups (broad SMARTS) is 1. The molecule has 0 unspecified atom stereocenters. The van der Waals surface area contributed by atoms with Gasteiger partial charge in [-0.15, -0.1) is 0 Å². The summed E-state index contributed by atoms with van der Waals surface area (Å²) in [5.41, 5.74) is 7.44. The van der Waals surface area contributed by atoms with Gasteiger partial charge < -0.3 is 30.7 Å². The minimum Gasteiger partial charge on any atom is -0.480 e. The number of nitrogens with two attached hydrogens (primary N) is 1. The Morgan fingerprint density at radius 2 is 1.83 bits per heavy atom. The van der Waals surface area contributed by atoms with Crippen LogP contribution in [0.3, 0.4) is 0 Å². The third kappa shape index (κ3) is 6.99. The van der Waals surface area contributed by atoms with Crippen LogP contribution in [0.1, 0.15) is 67.9 Å². The standard InChI is InChI=1S/C32H39F3N8O4/c1-19-5-12-43(40-19)25-15-22(21-6-10-41(11-7-21)20(2)44)3-4-23(25)28(32(33,34)35)47-27-16-26(38-30(36)39-27)42-13-8-31(9-14-42)17-24(29(45)46)37-18-31/h3-5,12,15-16,21,24,28,37H,6-11,13-14,17-18H2,1-2H3,(H,45,46)(H2,36,38,39)/t24-,28+/m0/s1. The maximum atomic E-state index is 14.9. The molecule has 47 heavy (non-hydrogen) atoms. The van der Waals surface area contributed by atoms with Crippen LogP contribution in [0.15, 0.2) is 36.5 Å². The number of amides is 1. The highest BCUT2D eigenvalue weighted by molar-refractivity contribution is 5.74. The van der Waals surface area contributed by atoms with Gasteiger partial charge in [0.2, 0.25) is 23.8 Å². The lowest BCUT2D eigenvalue weighted by molar-refractivity contribution is -0.198. The first-order valence-corrected chi connectivity index (χ1v) is 15.8. The highest BCUT2D eigenvalue weighted by Crippen LogP contribution is 2.43. The molecule has 1 aromatic carbocycles. The van der Waals surface area contributed by atoms with Gasteiger partial charge in [-0.1, -0.05) is 12.1 Å². The van der Waals surface area contributed by atoms with Gasteiger partial charge in [0.25, 0.3) is 0 Å². The zero-order chi connectivity index (χ0) is 33.5. The molecule has 0 saturated carbocycles. The fourth-order valence-electron chi connectivity index (χ4n) is 7.07. The van der Waals surface area contributed by atoms with Gasteiger partial charge in [0, 0.05) is 57.5 Å². The fourth-order valence-corrected chi connectivity index (χ4v) is 7.07. The lowest BCUT2D eigenvalue weighted by Gasteiger charge is -2.39. The van der Waals surface area contributed by atoms with Crippen molar-refractivity contribution in [1.29, 1.82) is 0 Å². The van der Waals surface area contributed by atoms with Crippen LogP contribution in [0, 0.1) is 12.3 Å². The van der Waals surface area contributed by atoms with Crippen LogP contribution in [0.25, 0.3) is 5.69 Å². The van der Waals surface area contributed by atoms with Gasteiger partial charge in [-0.25, -0.2) is 4.68 Å². The molecule has 6 rings (SSSR count). The number of hydrogen-bond donors (Lipinski definition) is 3. The minimum atomic E-state index is -4.82. The van der Waals surface area contributed by atoms with Gasteiger partial charge in [-0.05, 0) is 68.1 Å². The number of benzene rings is 1. The van der Waals surface area contributed by atoms with Crippen LogP contribution in [0.2, 0.25) is 0 Å². The normalized spacial score (nSPS) is 20.8. The molecule has 3 saturated heterocycles. The smallest absolute Gasteiger partial charge is 0.429 e. The summed E-state index contributed by atoms with van der Waals surface area (Å²) in [5, 5.41) is 16.9. The number of carboxylic acids is 1. The molecule has 0 aliphatic carbocycles. The molecule has 4 N–H and O–H groups in total. The number of nitrogens with zero attached hydrogens (tertiary/aromatic N) is 6. The van der Waals surface area contributed by atoms with E-state index in [0.717, 1.165) is 5.56 Å². The first-order valence-electron chi connectivity index (χ1n) is 15.8. The summed E-state index contributed by atoms with van der Waals surface area (Å²) in [6.45, 7) is 6.12. The number of alkyl halides is 3. The lowest BCUT2D eigenvalue weighted by atomic mass is 9.76. The fraction of sp³-hybridized carbons (Fsp3) is 0.531. The molecular weight excluding hydrogens is 617 g/mol. The Morgan fingerprint density at radius 3 is 2.43 bits per heavy atom. The maximum Gasteiger partial charge on any atom is 0.429 e. The first kappa shape index (κ1) is 32.5. The van der Waals surface area contributed by atoms with Crippen molar-refractivity contribution in [3.05, 3.63) is 53.3 Å². The monoisotopic (exact) mass is 656 g/mol. The second kappa shape index (κ2) is 12.7. The molecule has 15 heteroatoms. The number of carbonyl (C=O) groups excluding carboxylic acids is 1. The summed E-state index contributed by atoms with van der Waals surface area (Å²) in [5.74, 6) is -0.976. The number of carbonyl (C=O) groups is 2. The number of aliphatic carboxylic acids is 1. The summed E-state index contributed by atoms with van der Waals surface area (Å²) < 4.78 is 51.7. The van der Waals surface area contributed by atoms with Crippen molar-refractivity contribution in [2.24, 2.45) is 5.41 Å². The SMILES string of the molecule is CC(=O)N1CCC(c2ccc([C@@H](Oc3cc(N4CCC5(CC4)CN[C@H](C(=O)O)C5)nc(N)n3)C(F)(F)F)c(-n3ccc(C)n3)c2)CC1. The number of aromatic nitrogens is 4. The molecule has 3 aliphatic heterocycles. The molecule has 2 atom stereocenters. The number of hydrogen-bond acceptors (Lipinski definition) is 9. The van der Waals surface area contributed by atoms with Crippen LogP contribution in [-0.2, 0) is 9.59 Å². The summed E-state index contributed by atoms with van der Waals surface area (Å²) in [6.07, 6.45) is -2.27. The van der Waals surface area contributed by atoms with Gasteiger partial charge in [0.1, 0.15) is 11.9 Å². The molecule has 1 spiro atoms. The van der Waals surface area contributed by atoms with Crippen LogP contribution in [-0.4, -0.2) is 86.6 Å². The Balaban J connectivity index is 1.27. The molecule has 2 aromatic heterocycles. The van der Waals surface area contributed by atoms with Crippen molar-refractivity contribution in [2.75, 3.05) is 43.4 Å². The predicted octanol–water partition coefficient (Wildman–Crippen LogP) is 3.99. The van der Waals surface area contributed by atoms with Crippen LogP contribution in [0.5, 0.6) is 5.88 Å². The Bertz CT molecular complexity index is 1630. The summed E-state index contributed by atoms with van der Waals surface area (Å²) in [7, 11) is 0. The number of piperidine rings is 2. The zero-order valence-electron chi connectivity index (χ0n) is 26.3. The Morgan fingerprint density at radius 1 is 1.11 bits per heavy atom. The van der Waals surface area contributed by atoms with E-state index in [4.69, 9.17) is 10.5 Å². The van der Waals surface area contributed by atoms with E-state index in [2.05, 4.69) is 20.4 Å². The highest BCUT2D eigenvalue weighted by Gasteiger charge is 2.46. The Kier molecular flexibility index (Phi) is 8.76. The largest absolute Gasteiger partial charge is 0.480 e. The number of nitrogen functional groups attached to an aromatic ring is 1. The number of likely N-dealkylation sites (tertiary alicyclic amines) is 1. The molecule has 3 fully saturated rings. The molecule has 1 amide bonds. The quantitative estimate of drug-likeness (QED) is 0.341. The van der Waals surface area contributed by atoms with Crippen LogP contribution in [0.4, 0.5) is 24.9 Å². The van der Waals surface area contributed by atoms with Crippen molar-refractivity contribution in [2.45, 2.75) is 70.2 Å². The number of nitrogens with one attached hydrogen (secondary N) is 1. The highest BCUT2D eigenvalue weighted by atomic mass is 19.4. The number of halogens is 3. The maximum absolute atomic E-state index is 14.9. The van der Waals surface area contributed by atoms with E-state index >= 15 is 0 Å². The molecule has 252 valence electrons. The van der Waals surface area contributed by atoms with Gasteiger partial charge in [-0.2, -0.15) is 28.2 Å². The van der Waals surface area contributed by atoms with Crippen molar-refractivity contribution >= 4 is 23.6 Å². The summed E-state index contributed by atoms with van der Waals surface area (Å²) in [6, 6.07) is 7.37. The second-order valence-electron chi connectivity index (χ2n) is 12.9. The van der Waals surface area contributed by atoms with Gasteiger partial charge >= 0.3 is 12.1 Å². The number of aryl methyl sites for hydroxylation is 1. The Labute approximate surface area is 270 Å². The van der Waals surface area contributed by atoms with Crippen LogP contribution < -0.4 is 20.7 Å². The second-order valence-corrected chi connectivity index (χ2v) is 12.9. The van der Waals surface area contributed by atoms with Crippen molar-refractivity contribution in [3.63, 3.8) is 0 Å². The zero-order valence-corrected chi connectivity index (χ0v) is 26.3. The molecule has 0 bridgehead atoms. The molecule has 3 aliphatic rings. The van der Waals surface area contributed by atoms with E-state index in [1.54, 1.807) is 36.2 Å². The third-order valence-electron chi connectivity index (χ3n) is 9.77. The average Bonchev–Trinajstić information content (AvgIpc) is 3.66. The van der Waals surface area contributed by atoms with Crippen molar-refractivity contribution in [3.8, 4) is 11.6 Å². The average molecular weight is 657 g/mol. The van der Waals surface area contributed by atoms with E-state index in [-0.39, 0.29) is 40.3 Å². The van der Waals surface area contributed by atoms with Crippen LogP contribution >= 0.6 is 0 Å². The number of ether oxygens (including phenoxy) is 1. The molecule has 3 aromatic rings. The van der Waals surface area contributed by atoms with E-state index in [9.17, 15) is 27.9 Å². The molecule has 0 radical (unpaired) electrons. The third-order valence-corrected chi connectivity index (χ3v) is 9.77. The van der Waals surface area contributed by atoms with Gasteiger partial charge in [0.05, 0.1) is 11.4 Å². The lowest BCUT2D eigenvalue weighted by Crippen LogP contribution is -2.41. The van der Waals surface area contributed by atoms with Gasteiger partial charge in [0.15, 0.2) is 0 Å². The molecule has 5 heterocycles. The topological polar surface area (TPSA) is 152 Å². The number of rotatable bonds is 7. The molecular formula is C32H39F3N8O4. The minimum absolute atomic E-state index is 0.00869. The van der Waals surface area contributed by atoms with E-state index in [1.165, 1.54) is 23.7 Å². The van der Waals surface area contributed by atoms with E-state index < -0.39 is 24.3 Å². The molecule has 12 nitrogen and oxygen atoms in total. The van der Waals surface area contributed by atoms with Crippen molar-refractivity contribution < 1.29 is 32.6 Å². The summed E-state index contributed by atoms with van der Waals surface area (Å²) in [4.78, 5) is 35.3. The van der Waals surface area contributed by atoms with E-state index in [0.29, 0.717) is 76.3 Å². The predicted molar refractivity (Wildman–Crippen MR) is 166 cm³/mol. The summed E-state index contributed by atoms with van der Waals surface area (Å²) >= 11 is 0. The number of anilines is 2. The first-order chi connectivity index (χ1) is 22.3. The van der Waals surface area contributed by atoms with Crippen molar-refractivity contribution in [1.82, 2.24) is 30.0 Å². The Hall–Kier alpha value is -4.40.